The maximum atomic E-state index is 10.5. The summed E-state index contributed by atoms with van der Waals surface area (Å²) in [6.07, 6.45) is 6.05. The largest absolute Gasteiger partial charge is 0.469 e. The molecule has 1 atom stereocenters. The van der Waals surface area contributed by atoms with Crippen LogP contribution in [0.5, 0.6) is 0 Å². The van der Waals surface area contributed by atoms with Crippen LogP contribution in [-0.4, -0.2) is 42.7 Å². The summed E-state index contributed by atoms with van der Waals surface area (Å²) in [5, 5.41) is 17.0. The average Bonchev–Trinajstić information content (AvgIpc) is 3.26. The van der Waals surface area contributed by atoms with Crippen LogP contribution in [0.1, 0.15) is 18.4 Å². The Labute approximate surface area is 146 Å². The SMILES string of the molecule is CSCCNC(=NCC(C)(O)c1ccco1)NCCc1ccco1. The van der Waals surface area contributed by atoms with E-state index in [9.17, 15) is 5.11 Å². The Balaban J connectivity index is 1.90. The van der Waals surface area contributed by atoms with Crippen LogP contribution in [0.15, 0.2) is 50.6 Å². The first-order chi connectivity index (χ1) is 11.6. The molecule has 0 saturated heterocycles. The van der Waals surface area contributed by atoms with Crippen LogP contribution in [0.4, 0.5) is 0 Å². The third-order valence-corrected chi connectivity index (χ3v) is 4.05. The van der Waals surface area contributed by atoms with Crippen molar-refractivity contribution in [3.63, 3.8) is 0 Å². The summed E-state index contributed by atoms with van der Waals surface area (Å²) >= 11 is 1.76. The van der Waals surface area contributed by atoms with E-state index in [4.69, 9.17) is 8.83 Å². The molecule has 0 spiro atoms. The minimum Gasteiger partial charge on any atom is -0.469 e. The van der Waals surface area contributed by atoms with E-state index in [0.29, 0.717) is 18.3 Å². The third-order valence-electron chi connectivity index (χ3n) is 3.44. The summed E-state index contributed by atoms with van der Waals surface area (Å²) in [6, 6.07) is 7.33. The predicted molar refractivity (Wildman–Crippen MR) is 97.4 cm³/mol. The molecule has 1 unspecified atom stereocenters. The van der Waals surface area contributed by atoms with Crippen molar-refractivity contribution in [1.29, 1.82) is 0 Å². The highest BCUT2D eigenvalue weighted by Crippen LogP contribution is 2.20. The molecule has 7 heteroatoms. The molecule has 0 aliphatic rings. The van der Waals surface area contributed by atoms with E-state index in [1.807, 2.05) is 12.1 Å². The lowest BCUT2D eigenvalue weighted by Crippen LogP contribution is -2.40. The molecule has 0 bridgehead atoms. The van der Waals surface area contributed by atoms with Gasteiger partial charge in [0.1, 0.15) is 17.1 Å². The average molecular weight is 351 g/mol. The van der Waals surface area contributed by atoms with Gasteiger partial charge in [0.15, 0.2) is 5.96 Å². The minimum atomic E-state index is -1.14. The second-order valence-corrected chi connectivity index (χ2v) is 6.58. The van der Waals surface area contributed by atoms with Gasteiger partial charge in [0.05, 0.1) is 19.1 Å². The van der Waals surface area contributed by atoms with E-state index >= 15 is 0 Å². The molecule has 132 valence electrons. The Hall–Kier alpha value is -1.86. The first kappa shape index (κ1) is 18.5. The minimum absolute atomic E-state index is 0.204. The van der Waals surface area contributed by atoms with Crippen LogP contribution in [0.25, 0.3) is 0 Å². The normalized spacial score (nSPS) is 14.4. The van der Waals surface area contributed by atoms with Crippen molar-refractivity contribution in [2.45, 2.75) is 18.9 Å². The zero-order valence-corrected chi connectivity index (χ0v) is 14.9. The topological polar surface area (TPSA) is 82.9 Å². The number of hydrogen-bond donors (Lipinski definition) is 3. The fraction of sp³-hybridized carbons (Fsp3) is 0.471. The number of rotatable bonds is 9. The van der Waals surface area contributed by atoms with Gasteiger partial charge in [-0.25, -0.2) is 4.99 Å². The van der Waals surface area contributed by atoms with Crippen molar-refractivity contribution < 1.29 is 13.9 Å². The van der Waals surface area contributed by atoms with Gasteiger partial charge < -0.3 is 24.6 Å². The van der Waals surface area contributed by atoms with Gasteiger partial charge in [-0.15, -0.1) is 0 Å². The summed E-state index contributed by atoms with van der Waals surface area (Å²) in [5.41, 5.74) is -1.14. The lowest BCUT2D eigenvalue weighted by Gasteiger charge is -2.19. The van der Waals surface area contributed by atoms with Crippen molar-refractivity contribution >= 4 is 17.7 Å². The van der Waals surface area contributed by atoms with E-state index in [-0.39, 0.29) is 6.54 Å². The van der Waals surface area contributed by atoms with E-state index in [1.54, 1.807) is 43.3 Å². The van der Waals surface area contributed by atoms with Gasteiger partial charge in [0, 0.05) is 25.3 Å². The standard InChI is InChI=1S/C17H25N3O3S/c1-17(21,15-6-4-11-23-15)13-20-16(19-9-12-24-2)18-8-7-14-5-3-10-22-14/h3-6,10-11,21H,7-9,12-13H2,1-2H3,(H2,18,19,20). The van der Waals surface area contributed by atoms with Gasteiger partial charge in [0.2, 0.25) is 0 Å². The number of hydrogen-bond acceptors (Lipinski definition) is 5. The van der Waals surface area contributed by atoms with Crippen LogP contribution >= 0.6 is 11.8 Å². The first-order valence-electron chi connectivity index (χ1n) is 7.91. The highest BCUT2D eigenvalue weighted by Gasteiger charge is 2.26. The summed E-state index contributed by atoms with van der Waals surface area (Å²) < 4.78 is 10.6. The van der Waals surface area contributed by atoms with Crippen molar-refractivity contribution in [1.82, 2.24) is 10.6 Å². The van der Waals surface area contributed by atoms with Crippen molar-refractivity contribution in [3.05, 3.63) is 48.3 Å². The van der Waals surface area contributed by atoms with Gasteiger partial charge in [-0.05, 0) is 37.4 Å². The van der Waals surface area contributed by atoms with Crippen molar-refractivity contribution in [3.8, 4) is 0 Å². The molecule has 2 rings (SSSR count). The third kappa shape index (κ3) is 5.98. The fourth-order valence-electron chi connectivity index (χ4n) is 2.10. The second kappa shape index (κ2) is 9.44. The van der Waals surface area contributed by atoms with E-state index < -0.39 is 5.60 Å². The maximum absolute atomic E-state index is 10.5. The lowest BCUT2D eigenvalue weighted by molar-refractivity contribution is 0.0437. The van der Waals surface area contributed by atoms with E-state index in [0.717, 1.165) is 24.5 Å². The Kier molecular flexibility index (Phi) is 7.27. The van der Waals surface area contributed by atoms with Gasteiger partial charge in [-0.3, -0.25) is 0 Å². The lowest BCUT2D eigenvalue weighted by atomic mass is 10.0. The van der Waals surface area contributed by atoms with Crippen LogP contribution in [0, 0.1) is 0 Å². The van der Waals surface area contributed by atoms with Crippen molar-refractivity contribution in [2.24, 2.45) is 4.99 Å². The fourth-order valence-corrected chi connectivity index (χ4v) is 2.41. The molecule has 2 aromatic rings. The second-order valence-electron chi connectivity index (χ2n) is 5.59. The molecule has 0 aromatic carbocycles. The summed E-state index contributed by atoms with van der Waals surface area (Å²) in [7, 11) is 0. The maximum Gasteiger partial charge on any atom is 0.191 e. The summed E-state index contributed by atoms with van der Waals surface area (Å²) in [6.45, 7) is 3.39. The van der Waals surface area contributed by atoms with Gasteiger partial charge in [-0.2, -0.15) is 11.8 Å². The van der Waals surface area contributed by atoms with Gasteiger partial charge in [-0.1, -0.05) is 0 Å². The number of aliphatic imine (C=N–C) groups is 1. The first-order valence-corrected chi connectivity index (χ1v) is 9.31. The number of thioether (sulfide) groups is 1. The van der Waals surface area contributed by atoms with E-state index in [2.05, 4.69) is 21.9 Å². The molecule has 0 aliphatic carbocycles. The molecular formula is C17H25N3O3S. The Morgan fingerprint density at radius 2 is 1.96 bits per heavy atom. The molecular weight excluding hydrogens is 326 g/mol. The quantitative estimate of drug-likeness (QED) is 0.365. The molecule has 0 radical (unpaired) electrons. The molecule has 0 saturated carbocycles. The number of guanidine groups is 1. The van der Waals surface area contributed by atoms with Crippen LogP contribution < -0.4 is 10.6 Å². The zero-order valence-electron chi connectivity index (χ0n) is 14.1. The van der Waals surface area contributed by atoms with Crippen LogP contribution in [0.3, 0.4) is 0 Å². The molecule has 3 N–H and O–H groups in total. The Bertz CT molecular complexity index is 595. The highest BCUT2D eigenvalue weighted by atomic mass is 32.2. The number of furan rings is 2. The van der Waals surface area contributed by atoms with Crippen LogP contribution in [0.2, 0.25) is 0 Å². The highest BCUT2D eigenvalue weighted by molar-refractivity contribution is 7.98. The predicted octanol–water partition coefficient (Wildman–Crippen LogP) is 2.22. The Morgan fingerprint density at radius 1 is 1.21 bits per heavy atom. The summed E-state index contributed by atoms with van der Waals surface area (Å²) in [4.78, 5) is 4.49. The summed E-state index contributed by atoms with van der Waals surface area (Å²) in [5.74, 6) is 3.08. The molecule has 0 aliphatic heterocycles. The molecule has 0 fully saturated rings. The number of nitrogens with one attached hydrogen (secondary N) is 2. The molecule has 24 heavy (non-hydrogen) atoms. The van der Waals surface area contributed by atoms with Gasteiger partial charge in [0.25, 0.3) is 0 Å². The monoisotopic (exact) mass is 351 g/mol. The Morgan fingerprint density at radius 3 is 2.62 bits per heavy atom. The smallest absolute Gasteiger partial charge is 0.191 e. The van der Waals surface area contributed by atoms with Crippen molar-refractivity contribution in [2.75, 3.05) is 31.6 Å². The molecule has 6 nitrogen and oxygen atoms in total. The zero-order chi connectivity index (χ0) is 17.3. The molecule has 0 amide bonds. The molecule has 2 aromatic heterocycles. The molecule has 2 heterocycles. The number of aliphatic hydroxyl groups is 1. The van der Waals surface area contributed by atoms with Gasteiger partial charge >= 0.3 is 0 Å². The van der Waals surface area contributed by atoms with Crippen LogP contribution in [-0.2, 0) is 12.0 Å². The van der Waals surface area contributed by atoms with E-state index in [1.165, 1.54) is 0 Å². The number of nitrogens with zero attached hydrogens (tertiary/aromatic N) is 1.